The van der Waals surface area contributed by atoms with Crippen molar-refractivity contribution in [3.8, 4) is 5.75 Å². The van der Waals surface area contributed by atoms with Crippen LogP contribution in [-0.4, -0.2) is 11.0 Å². The van der Waals surface area contributed by atoms with Gasteiger partial charge in [0.1, 0.15) is 5.75 Å². The highest BCUT2D eigenvalue weighted by Crippen LogP contribution is 2.18. The average molecular weight is 256 g/mol. The number of para-hydroxylation sites is 1. The summed E-state index contributed by atoms with van der Waals surface area (Å²) >= 11 is 0. The van der Waals surface area contributed by atoms with E-state index in [1.165, 1.54) is 0 Å². The normalized spacial score (nSPS) is 10.1. The molecule has 0 atom stereocenters. The van der Waals surface area contributed by atoms with Crippen molar-refractivity contribution in [1.29, 1.82) is 0 Å². The van der Waals surface area contributed by atoms with E-state index in [1.54, 1.807) is 12.1 Å². The van der Waals surface area contributed by atoms with Crippen LogP contribution >= 0.6 is 0 Å². The topological polar surface area (TPSA) is 75.4 Å². The van der Waals surface area contributed by atoms with Gasteiger partial charge in [-0.3, -0.25) is 4.79 Å². The first-order valence-electron chi connectivity index (χ1n) is 6.03. The molecular formula is C15H16N2O2. The number of nitrogens with two attached hydrogens (primary N) is 1. The van der Waals surface area contributed by atoms with Crippen LogP contribution in [-0.2, 0) is 17.8 Å². The van der Waals surface area contributed by atoms with Crippen molar-refractivity contribution in [3.63, 3.8) is 0 Å². The minimum absolute atomic E-state index is 0.250. The Morgan fingerprint density at radius 2 is 1.79 bits per heavy atom. The first kappa shape index (κ1) is 13.0. The van der Waals surface area contributed by atoms with Gasteiger partial charge in [-0.05, 0) is 23.8 Å². The molecule has 0 spiro atoms. The number of hydrogen-bond donors (Lipinski definition) is 3. The number of phenolic OH excluding ortho intramolecular Hbond substituents is 1. The van der Waals surface area contributed by atoms with Gasteiger partial charge < -0.3 is 16.2 Å². The van der Waals surface area contributed by atoms with Crippen molar-refractivity contribution in [2.45, 2.75) is 13.0 Å². The van der Waals surface area contributed by atoms with Crippen LogP contribution in [0.1, 0.15) is 11.1 Å². The molecule has 0 aliphatic carbocycles. The first-order valence-corrected chi connectivity index (χ1v) is 6.03. The van der Waals surface area contributed by atoms with Crippen molar-refractivity contribution in [1.82, 2.24) is 0 Å². The van der Waals surface area contributed by atoms with E-state index in [-0.39, 0.29) is 18.1 Å². The van der Waals surface area contributed by atoms with E-state index < -0.39 is 0 Å². The number of carbonyl (C=O) groups excluding carboxylic acids is 1. The van der Waals surface area contributed by atoms with Crippen LogP contribution < -0.4 is 11.1 Å². The van der Waals surface area contributed by atoms with Gasteiger partial charge in [0.05, 0.1) is 6.42 Å². The van der Waals surface area contributed by atoms with E-state index in [4.69, 9.17) is 5.73 Å². The Morgan fingerprint density at radius 3 is 2.42 bits per heavy atom. The number of aromatic hydroxyl groups is 1. The van der Waals surface area contributed by atoms with Gasteiger partial charge in [0, 0.05) is 17.8 Å². The molecule has 1 amide bonds. The fourth-order valence-corrected chi connectivity index (χ4v) is 1.80. The van der Waals surface area contributed by atoms with Crippen LogP contribution in [0.25, 0.3) is 0 Å². The third kappa shape index (κ3) is 3.74. The Balaban J connectivity index is 1.97. The second kappa shape index (κ2) is 5.91. The Labute approximate surface area is 111 Å². The number of primary amides is 1. The van der Waals surface area contributed by atoms with Crippen LogP contribution in [0, 0.1) is 0 Å². The second-order valence-corrected chi connectivity index (χ2v) is 4.32. The highest BCUT2D eigenvalue weighted by Gasteiger charge is 2.01. The molecule has 0 saturated carbocycles. The molecule has 0 unspecified atom stereocenters. The van der Waals surface area contributed by atoms with E-state index in [1.807, 2.05) is 36.4 Å². The minimum atomic E-state index is -0.338. The maximum atomic E-state index is 10.8. The van der Waals surface area contributed by atoms with Crippen LogP contribution in [0.4, 0.5) is 5.69 Å². The summed E-state index contributed by atoms with van der Waals surface area (Å²) in [6.45, 7) is 0.543. The van der Waals surface area contributed by atoms with Gasteiger partial charge in [-0.2, -0.15) is 0 Å². The molecule has 0 radical (unpaired) electrons. The Morgan fingerprint density at radius 1 is 1.11 bits per heavy atom. The summed E-state index contributed by atoms with van der Waals surface area (Å²) < 4.78 is 0. The van der Waals surface area contributed by atoms with E-state index in [0.29, 0.717) is 6.54 Å². The number of phenols is 1. The lowest BCUT2D eigenvalue weighted by Gasteiger charge is -2.08. The molecule has 19 heavy (non-hydrogen) atoms. The second-order valence-electron chi connectivity index (χ2n) is 4.32. The van der Waals surface area contributed by atoms with Gasteiger partial charge in [0.15, 0.2) is 0 Å². The number of benzene rings is 2. The number of nitrogens with one attached hydrogen (secondary N) is 1. The molecule has 0 heterocycles. The quantitative estimate of drug-likeness (QED) is 0.766. The van der Waals surface area contributed by atoms with Crippen molar-refractivity contribution >= 4 is 11.6 Å². The summed E-state index contributed by atoms with van der Waals surface area (Å²) in [5.41, 5.74) is 7.79. The lowest BCUT2D eigenvalue weighted by Crippen LogP contribution is -2.13. The predicted molar refractivity (Wildman–Crippen MR) is 74.8 cm³/mol. The predicted octanol–water partition coefficient (Wildman–Crippen LogP) is 2.03. The molecule has 2 aromatic carbocycles. The SMILES string of the molecule is NC(=O)Cc1ccc(NCc2ccccc2O)cc1. The largest absolute Gasteiger partial charge is 0.508 e. The summed E-state index contributed by atoms with van der Waals surface area (Å²) in [6, 6.07) is 14.7. The third-order valence-electron chi connectivity index (χ3n) is 2.81. The van der Waals surface area contributed by atoms with Crippen LogP contribution in [0.2, 0.25) is 0 Å². The van der Waals surface area contributed by atoms with E-state index in [9.17, 15) is 9.90 Å². The van der Waals surface area contributed by atoms with E-state index >= 15 is 0 Å². The molecule has 0 bridgehead atoms. The molecule has 0 aliphatic rings. The van der Waals surface area contributed by atoms with Crippen molar-refractivity contribution in [3.05, 3.63) is 59.7 Å². The zero-order valence-electron chi connectivity index (χ0n) is 10.5. The molecule has 0 saturated heterocycles. The lowest BCUT2D eigenvalue weighted by atomic mass is 10.1. The molecule has 2 rings (SSSR count). The molecule has 4 N–H and O–H groups in total. The molecular weight excluding hydrogens is 240 g/mol. The van der Waals surface area contributed by atoms with Crippen molar-refractivity contribution < 1.29 is 9.90 Å². The molecule has 0 aliphatic heterocycles. The van der Waals surface area contributed by atoms with Gasteiger partial charge >= 0.3 is 0 Å². The summed E-state index contributed by atoms with van der Waals surface area (Å²) in [4.78, 5) is 10.8. The summed E-state index contributed by atoms with van der Waals surface area (Å²) in [5, 5.41) is 12.8. The highest BCUT2D eigenvalue weighted by molar-refractivity contribution is 5.76. The maximum absolute atomic E-state index is 10.8. The van der Waals surface area contributed by atoms with E-state index in [2.05, 4.69) is 5.32 Å². The van der Waals surface area contributed by atoms with Crippen molar-refractivity contribution in [2.75, 3.05) is 5.32 Å². The Hall–Kier alpha value is -2.49. The van der Waals surface area contributed by atoms with Gasteiger partial charge in [-0.15, -0.1) is 0 Å². The Kier molecular flexibility index (Phi) is 4.03. The smallest absolute Gasteiger partial charge is 0.221 e. The molecule has 98 valence electrons. The third-order valence-corrected chi connectivity index (χ3v) is 2.81. The fourth-order valence-electron chi connectivity index (χ4n) is 1.80. The number of anilines is 1. The van der Waals surface area contributed by atoms with Gasteiger partial charge in [-0.25, -0.2) is 0 Å². The van der Waals surface area contributed by atoms with Crippen LogP contribution in [0.3, 0.4) is 0 Å². The van der Waals surface area contributed by atoms with E-state index in [0.717, 1.165) is 16.8 Å². The average Bonchev–Trinajstić information content (AvgIpc) is 2.39. The fraction of sp³-hybridized carbons (Fsp3) is 0.133. The molecule has 0 aromatic heterocycles. The summed E-state index contributed by atoms with van der Waals surface area (Å²) in [6.07, 6.45) is 0.250. The molecule has 2 aromatic rings. The maximum Gasteiger partial charge on any atom is 0.221 e. The zero-order valence-corrected chi connectivity index (χ0v) is 10.5. The highest BCUT2D eigenvalue weighted by atomic mass is 16.3. The molecule has 4 nitrogen and oxygen atoms in total. The van der Waals surface area contributed by atoms with Gasteiger partial charge in [0.2, 0.25) is 5.91 Å². The number of hydrogen-bond acceptors (Lipinski definition) is 3. The Bertz CT molecular complexity index is 565. The standard InChI is InChI=1S/C15H16N2O2/c16-15(19)9-11-5-7-13(8-6-11)17-10-12-3-1-2-4-14(12)18/h1-8,17-18H,9-10H2,(H2,16,19). The monoisotopic (exact) mass is 256 g/mol. The van der Waals surface area contributed by atoms with Crippen LogP contribution in [0.15, 0.2) is 48.5 Å². The lowest BCUT2D eigenvalue weighted by molar-refractivity contribution is -0.117. The molecule has 4 heteroatoms. The summed E-state index contributed by atoms with van der Waals surface area (Å²) in [7, 11) is 0. The van der Waals surface area contributed by atoms with Gasteiger partial charge in [-0.1, -0.05) is 30.3 Å². The minimum Gasteiger partial charge on any atom is -0.508 e. The number of carbonyl (C=O) groups is 1. The van der Waals surface area contributed by atoms with Crippen molar-refractivity contribution in [2.24, 2.45) is 5.73 Å². The molecule has 0 fully saturated rings. The number of rotatable bonds is 5. The number of amides is 1. The summed E-state index contributed by atoms with van der Waals surface area (Å²) in [5.74, 6) is -0.0599. The van der Waals surface area contributed by atoms with Gasteiger partial charge in [0.25, 0.3) is 0 Å². The zero-order chi connectivity index (χ0) is 13.7. The van der Waals surface area contributed by atoms with Crippen LogP contribution in [0.5, 0.6) is 5.75 Å². The first-order chi connectivity index (χ1) is 9.15.